The van der Waals surface area contributed by atoms with E-state index in [1.165, 1.54) is 26.4 Å². The molecule has 0 amide bonds. The SMILES string of the molecule is COC(=O)c1ccc(N2CCCC[C@@H]2C)nn1. The van der Waals surface area contributed by atoms with Gasteiger partial charge in [-0.25, -0.2) is 4.79 Å². The fourth-order valence-corrected chi connectivity index (χ4v) is 2.13. The Kier molecular flexibility index (Phi) is 3.56. The fourth-order valence-electron chi connectivity index (χ4n) is 2.13. The molecule has 0 N–H and O–H groups in total. The molecule has 0 bridgehead atoms. The van der Waals surface area contributed by atoms with Crippen LogP contribution in [0.25, 0.3) is 0 Å². The first-order valence-electron chi connectivity index (χ1n) is 5.91. The minimum Gasteiger partial charge on any atom is -0.464 e. The van der Waals surface area contributed by atoms with Crippen molar-refractivity contribution in [2.45, 2.75) is 32.2 Å². The Morgan fingerprint density at radius 2 is 2.24 bits per heavy atom. The highest BCUT2D eigenvalue weighted by atomic mass is 16.5. The molecule has 2 rings (SSSR count). The summed E-state index contributed by atoms with van der Waals surface area (Å²) in [6, 6.07) is 3.98. The number of rotatable bonds is 2. The van der Waals surface area contributed by atoms with Gasteiger partial charge in [-0.2, -0.15) is 0 Å². The molecule has 1 aliphatic heterocycles. The second kappa shape index (κ2) is 5.12. The number of hydrogen-bond donors (Lipinski definition) is 0. The van der Waals surface area contributed by atoms with Crippen molar-refractivity contribution in [2.75, 3.05) is 18.6 Å². The van der Waals surface area contributed by atoms with Crippen molar-refractivity contribution in [3.05, 3.63) is 17.8 Å². The maximum Gasteiger partial charge on any atom is 0.358 e. The van der Waals surface area contributed by atoms with Crippen LogP contribution in [0.3, 0.4) is 0 Å². The van der Waals surface area contributed by atoms with Gasteiger partial charge < -0.3 is 9.64 Å². The lowest BCUT2D eigenvalue weighted by Crippen LogP contribution is -2.38. The lowest BCUT2D eigenvalue weighted by molar-refractivity contribution is 0.0592. The normalized spacial score (nSPS) is 20.1. The number of anilines is 1. The van der Waals surface area contributed by atoms with E-state index < -0.39 is 5.97 Å². The molecule has 5 nitrogen and oxygen atoms in total. The zero-order chi connectivity index (χ0) is 12.3. The van der Waals surface area contributed by atoms with E-state index >= 15 is 0 Å². The number of methoxy groups -OCH3 is 1. The van der Waals surface area contributed by atoms with Gasteiger partial charge in [0.2, 0.25) is 0 Å². The number of nitrogens with zero attached hydrogens (tertiary/aromatic N) is 3. The summed E-state index contributed by atoms with van der Waals surface area (Å²) < 4.78 is 4.59. The summed E-state index contributed by atoms with van der Waals surface area (Å²) in [4.78, 5) is 13.5. The smallest absolute Gasteiger partial charge is 0.358 e. The van der Waals surface area contributed by atoms with Crippen molar-refractivity contribution in [3.63, 3.8) is 0 Å². The third-order valence-corrected chi connectivity index (χ3v) is 3.14. The van der Waals surface area contributed by atoms with Crippen molar-refractivity contribution >= 4 is 11.8 Å². The van der Waals surface area contributed by atoms with Crippen molar-refractivity contribution in [2.24, 2.45) is 0 Å². The van der Waals surface area contributed by atoms with Crippen LogP contribution in [0, 0.1) is 0 Å². The highest BCUT2D eigenvalue weighted by Crippen LogP contribution is 2.22. The van der Waals surface area contributed by atoms with Crippen LogP contribution in [0.4, 0.5) is 5.82 Å². The van der Waals surface area contributed by atoms with Crippen molar-refractivity contribution < 1.29 is 9.53 Å². The molecule has 17 heavy (non-hydrogen) atoms. The van der Waals surface area contributed by atoms with Crippen LogP contribution < -0.4 is 4.90 Å². The van der Waals surface area contributed by atoms with E-state index in [9.17, 15) is 4.79 Å². The van der Waals surface area contributed by atoms with Crippen LogP contribution >= 0.6 is 0 Å². The molecule has 1 aromatic heterocycles. The molecule has 0 radical (unpaired) electrons. The van der Waals surface area contributed by atoms with Crippen molar-refractivity contribution in [3.8, 4) is 0 Å². The molecule has 0 saturated carbocycles. The molecular formula is C12H17N3O2. The molecule has 1 aromatic rings. The summed E-state index contributed by atoms with van der Waals surface area (Å²) >= 11 is 0. The van der Waals surface area contributed by atoms with Crippen molar-refractivity contribution in [1.82, 2.24) is 10.2 Å². The summed E-state index contributed by atoms with van der Waals surface area (Å²) in [5.74, 6) is 0.389. The number of ether oxygens (including phenoxy) is 1. The third-order valence-electron chi connectivity index (χ3n) is 3.14. The van der Waals surface area contributed by atoms with Crippen LogP contribution in [0.1, 0.15) is 36.7 Å². The molecule has 0 spiro atoms. The van der Waals surface area contributed by atoms with E-state index in [4.69, 9.17) is 0 Å². The Labute approximate surface area is 101 Å². The van der Waals surface area contributed by atoms with Crippen LogP contribution in [0.5, 0.6) is 0 Å². The summed E-state index contributed by atoms with van der Waals surface area (Å²) in [6.45, 7) is 3.20. The summed E-state index contributed by atoms with van der Waals surface area (Å²) in [7, 11) is 1.34. The van der Waals surface area contributed by atoms with Crippen LogP contribution in [-0.4, -0.2) is 35.9 Å². The average Bonchev–Trinajstić information content (AvgIpc) is 2.39. The third kappa shape index (κ3) is 2.54. The minimum absolute atomic E-state index is 0.251. The lowest BCUT2D eigenvalue weighted by atomic mass is 10.0. The highest BCUT2D eigenvalue weighted by molar-refractivity contribution is 5.86. The first-order chi connectivity index (χ1) is 8.22. The molecule has 1 fully saturated rings. The maximum atomic E-state index is 11.2. The largest absolute Gasteiger partial charge is 0.464 e. The number of hydrogen-bond acceptors (Lipinski definition) is 5. The fraction of sp³-hybridized carbons (Fsp3) is 0.583. The summed E-state index contributed by atoms with van der Waals surface area (Å²) in [6.07, 6.45) is 3.64. The highest BCUT2D eigenvalue weighted by Gasteiger charge is 2.20. The van der Waals surface area contributed by atoms with E-state index in [0.717, 1.165) is 12.4 Å². The second-order valence-corrected chi connectivity index (χ2v) is 4.31. The zero-order valence-corrected chi connectivity index (χ0v) is 10.2. The zero-order valence-electron chi connectivity index (χ0n) is 10.2. The van der Waals surface area contributed by atoms with E-state index in [-0.39, 0.29) is 5.69 Å². The Balaban J connectivity index is 2.14. The van der Waals surface area contributed by atoms with Gasteiger partial charge in [0.25, 0.3) is 0 Å². The van der Waals surface area contributed by atoms with Gasteiger partial charge in [-0.15, -0.1) is 10.2 Å². The minimum atomic E-state index is -0.448. The Morgan fingerprint density at radius 3 is 2.82 bits per heavy atom. The van der Waals surface area contributed by atoms with Crippen LogP contribution in [0.2, 0.25) is 0 Å². The van der Waals surface area contributed by atoms with Gasteiger partial charge in [-0.3, -0.25) is 0 Å². The molecular weight excluding hydrogens is 218 g/mol. The number of carbonyl (C=O) groups excluding carboxylic acids is 1. The van der Waals surface area contributed by atoms with Gasteiger partial charge in [0.1, 0.15) is 0 Å². The Hall–Kier alpha value is -1.65. The van der Waals surface area contributed by atoms with E-state index in [1.54, 1.807) is 6.07 Å². The van der Waals surface area contributed by atoms with E-state index in [1.807, 2.05) is 6.07 Å². The summed E-state index contributed by atoms with van der Waals surface area (Å²) in [5, 5.41) is 7.99. The standard InChI is InChI=1S/C12H17N3O2/c1-9-5-3-4-8-15(9)11-7-6-10(13-14-11)12(16)17-2/h6-7,9H,3-5,8H2,1-2H3/t9-/m0/s1. The van der Waals surface area contributed by atoms with E-state index in [2.05, 4.69) is 26.8 Å². The quantitative estimate of drug-likeness (QED) is 0.729. The van der Waals surface area contributed by atoms with Crippen molar-refractivity contribution in [1.29, 1.82) is 0 Å². The summed E-state index contributed by atoms with van der Waals surface area (Å²) in [5.41, 5.74) is 0.251. The van der Waals surface area contributed by atoms with E-state index in [0.29, 0.717) is 6.04 Å². The Bertz CT molecular complexity index is 391. The predicted molar refractivity (Wildman–Crippen MR) is 64.0 cm³/mol. The monoisotopic (exact) mass is 235 g/mol. The van der Waals surface area contributed by atoms with Crippen LogP contribution in [-0.2, 0) is 4.74 Å². The molecule has 1 atom stereocenters. The van der Waals surface area contributed by atoms with Gasteiger partial charge in [-0.05, 0) is 38.3 Å². The maximum absolute atomic E-state index is 11.2. The molecule has 2 heterocycles. The van der Waals surface area contributed by atoms with Gasteiger partial charge in [0.05, 0.1) is 7.11 Å². The molecule has 0 aliphatic carbocycles. The van der Waals surface area contributed by atoms with Gasteiger partial charge in [0.15, 0.2) is 11.5 Å². The first-order valence-corrected chi connectivity index (χ1v) is 5.91. The number of piperidine rings is 1. The predicted octanol–water partition coefficient (Wildman–Crippen LogP) is 1.64. The number of carbonyl (C=O) groups is 1. The molecule has 1 aliphatic rings. The lowest BCUT2D eigenvalue weighted by Gasteiger charge is -2.33. The first kappa shape index (κ1) is 11.8. The van der Waals surface area contributed by atoms with Crippen LogP contribution in [0.15, 0.2) is 12.1 Å². The molecule has 92 valence electrons. The van der Waals surface area contributed by atoms with Gasteiger partial charge >= 0.3 is 5.97 Å². The molecule has 1 saturated heterocycles. The number of aromatic nitrogens is 2. The van der Waals surface area contributed by atoms with Gasteiger partial charge in [-0.1, -0.05) is 0 Å². The van der Waals surface area contributed by atoms with Gasteiger partial charge in [0, 0.05) is 12.6 Å². The molecule has 0 unspecified atom stereocenters. The second-order valence-electron chi connectivity index (χ2n) is 4.31. The molecule has 5 heteroatoms. The number of esters is 1. The topological polar surface area (TPSA) is 55.3 Å². The average molecular weight is 235 g/mol. The molecule has 0 aromatic carbocycles. The Morgan fingerprint density at radius 1 is 1.41 bits per heavy atom.